The fourth-order valence-corrected chi connectivity index (χ4v) is 4.99. The van der Waals surface area contributed by atoms with Gasteiger partial charge in [0.25, 0.3) is 0 Å². The number of alkyl halides is 3. The first kappa shape index (κ1) is 26.9. The van der Waals surface area contributed by atoms with Gasteiger partial charge in [0.2, 0.25) is 11.8 Å². The van der Waals surface area contributed by atoms with Gasteiger partial charge in [-0.3, -0.25) is 14.4 Å². The number of carbonyl (C=O) groups is 3. The van der Waals surface area contributed by atoms with Crippen molar-refractivity contribution >= 4 is 35.0 Å². The summed E-state index contributed by atoms with van der Waals surface area (Å²) in [6, 6.07) is 16.5. The molecule has 0 saturated carbocycles. The second kappa shape index (κ2) is 11.1. The standard InChI is InChI=1S/C27H21F3N4O3S/c1-16(35)34-12-11-22-20(14-34)24(27(28,29)30)19(13-31)26(33-22)38-15-23(36)32-21-10-6-5-9-18(21)25(37)17-7-3-2-4-8-17/h2-10H,11-12,14-15H2,1H3,(H,32,36). The average Bonchev–Trinajstić information content (AvgIpc) is 2.90. The number of hydrogen-bond acceptors (Lipinski definition) is 6. The number of halogens is 3. The van der Waals surface area contributed by atoms with E-state index in [4.69, 9.17) is 0 Å². The molecule has 2 amide bonds. The summed E-state index contributed by atoms with van der Waals surface area (Å²) in [5, 5.41) is 12.1. The lowest BCUT2D eigenvalue weighted by Crippen LogP contribution is -2.36. The Kier molecular flexibility index (Phi) is 7.83. The molecular weight excluding hydrogens is 517 g/mol. The van der Waals surface area contributed by atoms with Gasteiger partial charge in [0, 0.05) is 48.8 Å². The van der Waals surface area contributed by atoms with Gasteiger partial charge < -0.3 is 10.2 Å². The van der Waals surface area contributed by atoms with Crippen LogP contribution in [0.15, 0.2) is 59.6 Å². The summed E-state index contributed by atoms with van der Waals surface area (Å²) in [6.45, 7) is 1.18. The lowest BCUT2D eigenvalue weighted by atomic mass is 9.96. The van der Waals surface area contributed by atoms with Crippen molar-refractivity contribution in [2.45, 2.75) is 31.1 Å². The van der Waals surface area contributed by atoms with Crippen molar-refractivity contribution in [3.05, 3.63) is 88.1 Å². The summed E-state index contributed by atoms with van der Waals surface area (Å²) in [7, 11) is 0. The van der Waals surface area contributed by atoms with Crippen molar-refractivity contribution < 1.29 is 27.6 Å². The number of nitrogens with one attached hydrogen (secondary N) is 1. The average molecular weight is 539 g/mol. The summed E-state index contributed by atoms with van der Waals surface area (Å²) in [4.78, 5) is 43.0. The zero-order valence-electron chi connectivity index (χ0n) is 20.1. The molecule has 194 valence electrons. The van der Waals surface area contributed by atoms with Crippen LogP contribution in [0.1, 0.15) is 45.2 Å². The van der Waals surface area contributed by atoms with E-state index in [0.29, 0.717) is 17.3 Å². The van der Waals surface area contributed by atoms with Crippen LogP contribution in [-0.2, 0) is 28.7 Å². The molecule has 2 heterocycles. The predicted octanol–water partition coefficient (Wildman–Crippen LogP) is 4.84. The number of pyridine rings is 1. The number of aromatic nitrogens is 1. The molecule has 38 heavy (non-hydrogen) atoms. The van der Waals surface area contributed by atoms with Crippen LogP contribution < -0.4 is 5.32 Å². The number of nitriles is 1. The van der Waals surface area contributed by atoms with E-state index in [9.17, 15) is 32.8 Å². The van der Waals surface area contributed by atoms with Crippen molar-refractivity contribution in [2.75, 3.05) is 17.6 Å². The summed E-state index contributed by atoms with van der Waals surface area (Å²) in [5.74, 6) is -1.59. The molecule has 1 aliphatic heterocycles. The molecule has 0 saturated heterocycles. The number of para-hydroxylation sites is 1. The third-order valence-corrected chi connectivity index (χ3v) is 6.96. The summed E-state index contributed by atoms with van der Waals surface area (Å²) < 4.78 is 42.2. The van der Waals surface area contributed by atoms with Crippen LogP contribution in [0.5, 0.6) is 0 Å². The minimum absolute atomic E-state index is 0.0957. The zero-order chi connectivity index (χ0) is 27.4. The molecule has 4 rings (SSSR count). The lowest BCUT2D eigenvalue weighted by molar-refractivity contribution is -0.140. The maximum atomic E-state index is 14.1. The van der Waals surface area contributed by atoms with E-state index in [1.807, 2.05) is 0 Å². The number of rotatable bonds is 6. The molecule has 1 aliphatic rings. The van der Waals surface area contributed by atoms with Gasteiger partial charge in [0.15, 0.2) is 5.78 Å². The largest absolute Gasteiger partial charge is 0.418 e. The number of thioether (sulfide) groups is 1. The Morgan fingerprint density at radius 1 is 1.11 bits per heavy atom. The fourth-order valence-electron chi connectivity index (χ4n) is 4.18. The highest BCUT2D eigenvalue weighted by Gasteiger charge is 2.41. The number of carbonyl (C=O) groups excluding carboxylic acids is 3. The summed E-state index contributed by atoms with van der Waals surface area (Å²) in [6.07, 6.45) is -4.76. The first-order valence-electron chi connectivity index (χ1n) is 11.5. The first-order valence-corrected chi connectivity index (χ1v) is 12.5. The molecule has 3 aromatic rings. The zero-order valence-corrected chi connectivity index (χ0v) is 20.9. The lowest BCUT2D eigenvalue weighted by Gasteiger charge is -2.30. The van der Waals surface area contributed by atoms with Gasteiger partial charge in [0.1, 0.15) is 11.1 Å². The van der Waals surface area contributed by atoms with Crippen LogP contribution in [0, 0.1) is 11.3 Å². The number of benzene rings is 2. The second-order valence-corrected chi connectivity index (χ2v) is 9.43. The molecule has 0 unspecified atom stereocenters. The summed E-state index contributed by atoms with van der Waals surface area (Å²) >= 11 is 0.709. The molecular formula is C27H21F3N4O3S. The Morgan fingerprint density at radius 2 is 1.79 bits per heavy atom. The number of hydrogen-bond donors (Lipinski definition) is 1. The van der Waals surface area contributed by atoms with Crippen LogP contribution >= 0.6 is 11.8 Å². The van der Waals surface area contributed by atoms with Gasteiger partial charge in [-0.15, -0.1) is 0 Å². The molecule has 0 aliphatic carbocycles. The van der Waals surface area contributed by atoms with Crippen molar-refractivity contribution in [1.29, 1.82) is 5.26 Å². The fraction of sp³-hybridized carbons (Fsp3) is 0.222. The third kappa shape index (κ3) is 5.70. The van der Waals surface area contributed by atoms with Crippen LogP contribution in [-0.4, -0.2) is 39.8 Å². The van der Waals surface area contributed by atoms with Crippen molar-refractivity contribution in [1.82, 2.24) is 9.88 Å². The normalized spacial score (nSPS) is 12.9. The molecule has 0 bridgehead atoms. The molecule has 0 atom stereocenters. The van der Waals surface area contributed by atoms with Crippen LogP contribution in [0.2, 0.25) is 0 Å². The quantitative estimate of drug-likeness (QED) is 0.356. The Labute approximate surface area is 220 Å². The Hall–Kier alpha value is -4.17. The Bertz CT molecular complexity index is 1450. The van der Waals surface area contributed by atoms with E-state index in [1.165, 1.54) is 11.8 Å². The Morgan fingerprint density at radius 3 is 2.45 bits per heavy atom. The van der Waals surface area contributed by atoms with E-state index < -0.39 is 23.2 Å². The number of amides is 2. The van der Waals surface area contributed by atoms with E-state index in [1.54, 1.807) is 60.7 Å². The molecule has 7 nitrogen and oxygen atoms in total. The topological polar surface area (TPSA) is 103 Å². The molecule has 11 heteroatoms. The number of fused-ring (bicyclic) bond motifs is 1. The third-order valence-electron chi connectivity index (χ3n) is 5.98. The van der Waals surface area contributed by atoms with Gasteiger partial charge in [-0.1, -0.05) is 54.2 Å². The maximum Gasteiger partial charge on any atom is 0.418 e. The van der Waals surface area contributed by atoms with E-state index >= 15 is 0 Å². The number of nitrogens with zero attached hydrogens (tertiary/aromatic N) is 3. The molecule has 0 fully saturated rings. The van der Waals surface area contributed by atoms with E-state index in [0.717, 1.165) is 0 Å². The second-order valence-electron chi connectivity index (χ2n) is 8.47. The van der Waals surface area contributed by atoms with E-state index in [-0.39, 0.29) is 64.5 Å². The number of ketones is 1. The van der Waals surface area contributed by atoms with Crippen molar-refractivity contribution in [3.8, 4) is 6.07 Å². The monoisotopic (exact) mass is 538 g/mol. The molecule has 1 aromatic heterocycles. The van der Waals surface area contributed by atoms with Crippen molar-refractivity contribution in [2.24, 2.45) is 0 Å². The highest BCUT2D eigenvalue weighted by atomic mass is 32.2. The molecule has 2 aromatic carbocycles. The van der Waals surface area contributed by atoms with Gasteiger partial charge in [-0.25, -0.2) is 4.98 Å². The minimum atomic E-state index is -4.85. The van der Waals surface area contributed by atoms with Gasteiger partial charge >= 0.3 is 6.18 Å². The van der Waals surface area contributed by atoms with E-state index in [2.05, 4.69) is 10.3 Å². The molecule has 1 N–H and O–H groups in total. The smallest absolute Gasteiger partial charge is 0.338 e. The van der Waals surface area contributed by atoms with Gasteiger partial charge in [0.05, 0.1) is 22.6 Å². The number of anilines is 1. The summed E-state index contributed by atoms with van der Waals surface area (Å²) in [5.41, 5.74) is -0.907. The predicted molar refractivity (Wildman–Crippen MR) is 134 cm³/mol. The van der Waals surface area contributed by atoms with Crippen LogP contribution in [0.4, 0.5) is 18.9 Å². The van der Waals surface area contributed by atoms with Crippen LogP contribution in [0.25, 0.3) is 0 Å². The maximum absolute atomic E-state index is 14.1. The highest BCUT2D eigenvalue weighted by molar-refractivity contribution is 8.00. The Balaban J connectivity index is 1.58. The highest BCUT2D eigenvalue weighted by Crippen LogP contribution is 2.40. The first-order chi connectivity index (χ1) is 18.1. The van der Waals surface area contributed by atoms with Crippen LogP contribution in [0.3, 0.4) is 0 Å². The molecule has 0 spiro atoms. The minimum Gasteiger partial charge on any atom is -0.338 e. The SMILES string of the molecule is CC(=O)N1CCc2nc(SCC(=O)Nc3ccccc3C(=O)c3ccccc3)c(C#N)c(C(F)(F)F)c2C1. The van der Waals surface area contributed by atoms with Gasteiger partial charge in [-0.05, 0) is 12.1 Å². The van der Waals surface area contributed by atoms with Crippen molar-refractivity contribution in [3.63, 3.8) is 0 Å². The van der Waals surface area contributed by atoms with Gasteiger partial charge in [-0.2, -0.15) is 18.4 Å². The molecule has 0 radical (unpaired) electrons.